The maximum atomic E-state index is 13.1. The van der Waals surface area contributed by atoms with E-state index in [-0.39, 0.29) is 24.6 Å². The topological polar surface area (TPSA) is 77.9 Å². The van der Waals surface area contributed by atoms with E-state index in [9.17, 15) is 22.4 Å². The minimum atomic E-state index is -2.99. The zero-order valence-electron chi connectivity index (χ0n) is 16.1. The Morgan fingerprint density at radius 1 is 1.16 bits per heavy atom. The molecule has 0 aliphatic heterocycles. The third-order valence-electron chi connectivity index (χ3n) is 4.30. The SMILES string of the molecule is Cc1nn(CCCNC(=O)c2ccc(Cn3nc(C(F)F)cc3C(F)F)o2)c(Cl)c1Cl. The first-order valence-electron chi connectivity index (χ1n) is 9.06. The van der Waals surface area contributed by atoms with E-state index in [0.29, 0.717) is 34.9 Å². The molecule has 0 saturated heterocycles. The second kappa shape index (κ2) is 9.73. The summed E-state index contributed by atoms with van der Waals surface area (Å²) in [5.74, 6) is -0.454. The molecule has 0 unspecified atom stereocenters. The molecule has 0 bridgehead atoms. The summed E-state index contributed by atoms with van der Waals surface area (Å²) in [5, 5.41) is 11.0. The molecule has 0 saturated carbocycles. The summed E-state index contributed by atoms with van der Waals surface area (Å²) in [7, 11) is 0. The van der Waals surface area contributed by atoms with Gasteiger partial charge in [0.05, 0.1) is 12.2 Å². The fourth-order valence-electron chi connectivity index (χ4n) is 2.79. The average Bonchev–Trinajstić information content (AvgIpc) is 3.41. The van der Waals surface area contributed by atoms with E-state index in [1.54, 1.807) is 6.92 Å². The number of amides is 1. The Morgan fingerprint density at radius 3 is 2.52 bits per heavy atom. The summed E-state index contributed by atoms with van der Waals surface area (Å²) < 4.78 is 59.2. The minimum Gasteiger partial charge on any atom is -0.454 e. The summed E-state index contributed by atoms with van der Waals surface area (Å²) in [4.78, 5) is 12.2. The van der Waals surface area contributed by atoms with Crippen LogP contribution in [-0.2, 0) is 13.1 Å². The number of furan rings is 1. The van der Waals surface area contributed by atoms with E-state index in [2.05, 4.69) is 15.5 Å². The fraction of sp³-hybridized carbons (Fsp3) is 0.389. The van der Waals surface area contributed by atoms with E-state index < -0.39 is 30.1 Å². The quantitative estimate of drug-likeness (QED) is 0.343. The summed E-state index contributed by atoms with van der Waals surface area (Å²) in [6.45, 7) is 2.12. The maximum absolute atomic E-state index is 13.1. The van der Waals surface area contributed by atoms with Gasteiger partial charge in [-0.3, -0.25) is 14.2 Å². The summed E-state index contributed by atoms with van der Waals surface area (Å²) in [6, 6.07) is 3.40. The van der Waals surface area contributed by atoms with Gasteiger partial charge in [-0.2, -0.15) is 10.2 Å². The highest BCUT2D eigenvalue weighted by Crippen LogP contribution is 2.26. The molecule has 3 heterocycles. The number of nitrogens with zero attached hydrogens (tertiary/aromatic N) is 4. The molecule has 1 amide bonds. The van der Waals surface area contributed by atoms with Crippen molar-refractivity contribution >= 4 is 29.1 Å². The maximum Gasteiger partial charge on any atom is 0.286 e. The van der Waals surface area contributed by atoms with Gasteiger partial charge in [-0.1, -0.05) is 23.2 Å². The van der Waals surface area contributed by atoms with Crippen molar-refractivity contribution in [1.29, 1.82) is 0 Å². The first kappa shape index (κ1) is 23.1. The van der Waals surface area contributed by atoms with Gasteiger partial charge in [0.25, 0.3) is 18.8 Å². The van der Waals surface area contributed by atoms with Gasteiger partial charge in [-0.25, -0.2) is 17.6 Å². The average molecular weight is 482 g/mol. The minimum absolute atomic E-state index is 0.0501. The molecule has 0 atom stereocenters. The van der Waals surface area contributed by atoms with Crippen molar-refractivity contribution in [3.8, 4) is 0 Å². The molecule has 31 heavy (non-hydrogen) atoms. The van der Waals surface area contributed by atoms with Crippen molar-refractivity contribution in [3.63, 3.8) is 0 Å². The van der Waals surface area contributed by atoms with Gasteiger partial charge >= 0.3 is 0 Å². The fourth-order valence-corrected chi connectivity index (χ4v) is 3.19. The number of aryl methyl sites for hydroxylation is 2. The van der Waals surface area contributed by atoms with Crippen molar-refractivity contribution < 1.29 is 26.8 Å². The molecule has 0 radical (unpaired) electrons. The Balaban J connectivity index is 1.55. The molecule has 0 aliphatic rings. The molecule has 3 aromatic heterocycles. The van der Waals surface area contributed by atoms with Gasteiger partial charge in [-0.15, -0.1) is 0 Å². The van der Waals surface area contributed by atoms with Gasteiger partial charge in [0.2, 0.25) is 0 Å². The Kier molecular flexibility index (Phi) is 7.26. The molecule has 7 nitrogen and oxygen atoms in total. The first-order chi connectivity index (χ1) is 14.7. The smallest absolute Gasteiger partial charge is 0.286 e. The third kappa shape index (κ3) is 5.40. The highest BCUT2D eigenvalue weighted by molar-refractivity contribution is 6.41. The molecule has 168 valence electrons. The van der Waals surface area contributed by atoms with Gasteiger partial charge in [0.1, 0.15) is 27.3 Å². The lowest BCUT2D eigenvalue weighted by molar-refractivity contribution is 0.0922. The summed E-state index contributed by atoms with van der Waals surface area (Å²) in [6.07, 6.45) is -5.45. The van der Waals surface area contributed by atoms with Gasteiger partial charge in [0, 0.05) is 13.1 Å². The number of alkyl halides is 4. The molecule has 3 rings (SSSR count). The number of hydrogen-bond acceptors (Lipinski definition) is 4. The predicted octanol–water partition coefficient (Wildman–Crippen LogP) is 5.03. The highest BCUT2D eigenvalue weighted by Gasteiger charge is 2.22. The van der Waals surface area contributed by atoms with Crippen molar-refractivity contribution in [1.82, 2.24) is 24.9 Å². The molecule has 3 aromatic rings. The largest absolute Gasteiger partial charge is 0.454 e. The third-order valence-corrected chi connectivity index (χ3v) is 5.23. The summed E-state index contributed by atoms with van der Waals surface area (Å²) in [5.41, 5.74) is -0.814. The monoisotopic (exact) mass is 481 g/mol. The second-order valence-electron chi connectivity index (χ2n) is 6.54. The van der Waals surface area contributed by atoms with Crippen LogP contribution in [0.3, 0.4) is 0 Å². The molecule has 0 spiro atoms. The van der Waals surface area contributed by atoms with Crippen LogP contribution in [0.2, 0.25) is 10.2 Å². The molecule has 1 N–H and O–H groups in total. The number of halogens is 6. The lowest BCUT2D eigenvalue weighted by Crippen LogP contribution is -2.25. The second-order valence-corrected chi connectivity index (χ2v) is 7.28. The first-order valence-corrected chi connectivity index (χ1v) is 9.82. The summed E-state index contributed by atoms with van der Waals surface area (Å²) >= 11 is 12.0. The van der Waals surface area contributed by atoms with Gasteiger partial charge in [0.15, 0.2) is 5.76 Å². The van der Waals surface area contributed by atoms with Crippen molar-refractivity contribution in [3.05, 3.63) is 57.0 Å². The van der Waals surface area contributed by atoms with Gasteiger partial charge < -0.3 is 9.73 Å². The van der Waals surface area contributed by atoms with Crippen LogP contribution in [0, 0.1) is 6.92 Å². The molecule has 0 fully saturated rings. The number of aromatic nitrogens is 4. The number of carbonyl (C=O) groups is 1. The normalized spacial score (nSPS) is 11.6. The van der Waals surface area contributed by atoms with Crippen LogP contribution in [0.5, 0.6) is 0 Å². The predicted molar refractivity (Wildman–Crippen MR) is 104 cm³/mol. The van der Waals surface area contributed by atoms with E-state index in [4.69, 9.17) is 27.6 Å². The number of nitrogens with one attached hydrogen (secondary N) is 1. The Morgan fingerprint density at radius 2 is 1.90 bits per heavy atom. The van der Waals surface area contributed by atoms with Crippen molar-refractivity contribution in [2.75, 3.05) is 6.54 Å². The Bertz CT molecular complexity index is 1060. The van der Waals surface area contributed by atoms with Crippen LogP contribution in [0.25, 0.3) is 0 Å². The van der Waals surface area contributed by atoms with E-state index in [0.717, 1.165) is 4.68 Å². The molecular weight excluding hydrogens is 465 g/mol. The molecule has 13 heteroatoms. The zero-order chi connectivity index (χ0) is 22.7. The lowest BCUT2D eigenvalue weighted by Gasteiger charge is -2.06. The van der Waals surface area contributed by atoms with Crippen LogP contribution in [-0.4, -0.2) is 32.0 Å². The lowest BCUT2D eigenvalue weighted by atomic mass is 10.3. The van der Waals surface area contributed by atoms with Crippen molar-refractivity contribution in [2.45, 2.75) is 39.3 Å². The molecule has 0 aliphatic carbocycles. The Hall–Kier alpha value is -2.53. The van der Waals surface area contributed by atoms with E-state index in [1.165, 1.54) is 16.8 Å². The van der Waals surface area contributed by atoms with E-state index >= 15 is 0 Å². The zero-order valence-corrected chi connectivity index (χ0v) is 17.6. The van der Waals surface area contributed by atoms with Crippen LogP contribution in [0.4, 0.5) is 17.6 Å². The number of carbonyl (C=O) groups excluding carboxylic acids is 1. The van der Waals surface area contributed by atoms with E-state index in [1.807, 2.05) is 0 Å². The van der Waals surface area contributed by atoms with Crippen LogP contribution >= 0.6 is 23.2 Å². The standard InChI is InChI=1S/C18H17Cl2F4N5O2/c1-9-14(19)15(20)28(26-9)6-2-5-25-18(30)13-4-3-10(31-13)8-29-12(17(23)24)7-11(27-29)16(21)22/h3-4,7,16-17H,2,5-6,8H2,1H3,(H,25,30). The molecule has 0 aromatic carbocycles. The Labute approximate surface area is 183 Å². The van der Waals surface area contributed by atoms with Crippen LogP contribution in [0.1, 0.15) is 52.7 Å². The van der Waals surface area contributed by atoms with Crippen LogP contribution < -0.4 is 5.32 Å². The molecular formula is C18H17Cl2F4N5O2. The van der Waals surface area contributed by atoms with Crippen LogP contribution in [0.15, 0.2) is 22.6 Å². The highest BCUT2D eigenvalue weighted by atomic mass is 35.5. The number of hydrogen-bond donors (Lipinski definition) is 1. The van der Waals surface area contributed by atoms with Gasteiger partial charge in [-0.05, 0) is 31.5 Å². The van der Waals surface area contributed by atoms with Crippen molar-refractivity contribution in [2.24, 2.45) is 0 Å². The number of rotatable bonds is 9.